The summed E-state index contributed by atoms with van der Waals surface area (Å²) in [7, 11) is 1.93. The summed E-state index contributed by atoms with van der Waals surface area (Å²) in [6.07, 6.45) is 4.40. The van der Waals surface area contributed by atoms with Crippen molar-refractivity contribution in [3.8, 4) is 11.3 Å². The first-order valence-electron chi connectivity index (χ1n) is 6.39. The zero-order chi connectivity index (χ0) is 13.9. The third-order valence-electron chi connectivity index (χ3n) is 3.08. The van der Waals surface area contributed by atoms with E-state index >= 15 is 0 Å². The van der Waals surface area contributed by atoms with Crippen LogP contribution in [0, 0.1) is 0 Å². The first-order valence-corrected chi connectivity index (χ1v) is 7.18. The number of likely N-dealkylation sites (N-methyl/N-ethyl adjacent to an activating group) is 1. The van der Waals surface area contributed by atoms with Crippen LogP contribution < -0.4 is 5.32 Å². The van der Waals surface area contributed by atoms with E-state index in [1.807, 2.05) is 35.8 Å². The van der Waals surface area contributed by atoms with Gasteiger partial charge in [0.1, 0.15) is 4.60 Å². The second kappa shape index (κ2) is 5.68. The molecular weight excluding hydrogens is 318 g/mol. The number of hydrogen-bond acceptors (Lipinski definition) is 4. The third kappa shape index (κ3) is 2.44. The Morgan fingerprint density at radius 2 is 2.00 bits per heavy atom. The average molecular weight is 332 g/mol. The highest BCUT2D eigenvalue weighted by atomic mass is 79.9. The molecule has 0 aliphatic rings. The molecule has 0 radical (unpaired) electrons. The van der Waals surface area contributed by atoms with E-state index in [-0.39, 0.29) is 0 Å². The molecule has 5 nitrogen and oxygen atoms in total. The maximum atomic E-state index is 4.63. The molecule has 0 aromatic carbocycles. The van der Waals surface area contributed by atoms with Gasteiger partial charge in [0, 0.05) is 30.9 Å². The highest BCUT2D eigenvalue weighted by Gasteiger charge is 2.11. The van der Waals surface area contributed by atoms with Gasteiger partial charge < -0.3 is 5.32 Å². The number of hydrogen-bond donors (Lipinski definition) is 1. The summed E-state index contributed by atoms with van der Waals surface area (Å²) in [4.78, 5) is 8.61. The lowest BCUT2D eigenvalue weighted by Crippen LogP contribution is -2.10. The second-order valence-electron chi connectivity index (χ2n) is 4.43. The zero-order valence-corrected chi connectivity index (χ0v) is 12.6. The fourth-order valence-electron chi connectivity index (χ4n) is 2.03. The number of imidazole rings is 1. The van der Waals surface area contributed by atoms with Crippen LogP contribution in [0.2, 0.25) is 0 Å². The summed E-state index contributed by atoms with van der Waals surface area (Å²) in [6.45, 7) is 0.889. The van der Waals surface area contributed by atoms with Gasteiger partial charge in [-0.15, -0.1) is 0 Å². The number of nitrogens with one attached hydrogen (secondary N) is 1. The highest BCUT2D eigenvalue weighted by molar-refractivity contribution is 9.10. The maximum absolute atomic E-state index is 4.63. The Kier molecular flexibility index (Phi) is 3.75. The molecule has 3 rings (SSSR count). The molecule has 0 saturated heterocycles. The summed E-state index contributed by atoms with van der Waals surface area (Å²) in [5.41, 5.74) is 3.80. The van der Waals surface area contributed by atoms with Crippen molar-refractivity contribution < 1.29 is 0 Å². The second-order valence-corrected chi connectivity index (χ2v) is 5.18. The molecule has 102 valence electrons. The molecule has 3 aromatic rings. The van der Waals surface area contributed by atoms with E-state index in [0.29, 0.717) is 0 Å². The lowest BCUT2D eigenvalue weighted by Gasteiger charge is -2.01. The quantitative estimate of drug-likeness (QED) is 0.797. The minimum Gasteiger partial charge on any atom is -0.319 e. The zero-order valence-electron chi connectivity index (χ0n) is 11.0. The summed E-state index contributed by atoms with van der Waals surface area (Å²) in [5.74, 6) is 0. The van der Waals surface area contributed by atoms with E-state index in [2.05, 4.69) is 36.3 Å². The molecular formula is C14H14BrN5. The molecule has 3 heterocycles. The fraction of sp³-hybridized carbons (Fsp3) is 0.214. The first kappa shape index (κ1) is 13.2. The number of aromatic nitrogens is 4. The van der Waals surface area contributed by atoms with Crippen LogP contribution in [0.3, 0.4) is 0 Å². The predicted octanol–water partition coefficient (Wildman–Crippen LogP) is 2.32. The predicted molar refractivity (Wildman–Crippen MR) is 81.5 cm³/mol. The van der Waals surface area contributed by atoms with E-state index in [9.17, 15) is 0 Å². The Morgan fingerprint density at radius 3 is 2.75 bits per heavy atom. The van der Waals surface area contributed by atoms with Crippen LogP contribution in [0.5, 0.6) is 0 Å². The molecule has 1 N–H and O–H groups in total. The van der Waals surface area contributed by atoms with Crippen molar-refractivity contribution in [2.75, 3.05) is 13.6 Å². The Bertz CT molecular complexity index is 723. The largest absolute Gasteiger partial charge is 0.319 e. The number of fused-ring (bicyclic) bond motifs is 1. The van der Waals surface area contributed by atoms with Crippen molar-refractivity contribution >= 4 is 21.6 Å². The van der Waals surface area contributed by atoms with Crippen LogP contribution in [-0.4, -0.2) is 33.2 Å². The van der Waals surface area contributed by atoms with Gasteiger partial charge in [-0.3, -0.25) is 4.98 Å². The topological polar surface area (TPSA) is 55.1 Å². The molecule has 0 atom stereocenters. The molecule has 0 aliphatic carbocycles. The Balaban J connectivity index is 2.05. The van der Waals surface area contributed by atoms with Gasteiger partial charge in [0.05, 0.1) is 11.4 Å². The summed E-state index contributed by atoms with van der Waals surface area (Å²) in [6, 6.07) is 7.85. The van der Waals surface area contributed by atoms with Crippen molar-refractivity contribution in [1.82, 2.24) is 24.9 Å². The number of pyridine rings is 1. The number of rotatable bonds is 4. The number of nitrogens with zero attached hydrogens (tertiary/aromatic N) is 4. The van der Waals surface area contributed by atoms with Crippen molar-refractivity contribution in [2.24, 2.45) is 0 Å². The fourth-order valence-corrected chi connectivity index (χ4v) is 2.58. The van der Waals surface area contributed by atoms with Gasteiger partial charge in [0.15, 0.2) is 5.65 Å². The first-order chi connectivity index (χ1) is 9.79. The van der Waals surface area contributed by atoms with E-state index in [0.717, 1.165) is 40.2 Å². The Hall–Kier alpha value is -1.79. The van der Waals surface area contributed by atoms with Gasteiger partial charge in [-0.05, 0) is 47.2 Å². The molecule has 3 aromatic heterocycles. The van der Waals surface area contributed by atoms with E-state index < -0.39 is 0 Å². The van der Waals surface area contributed by atoms with Crippen LogP contribution in [0.25, 0.3) is 16.9 Å². The van der Waals surface area contributed by atoms with E-state index in [1.54, 1.807) is 12.4 Å². The lowest BCUT2D eigenvalue weighted by atomic mass is 10.2. The molecule has 0 saturated carbocycles. The van der Waals surface area contributed by atoms with Gasteiger partial charge in [-0.1, -0.05) is 0 Å². The minimum atomic E-state index is 0.848. The van der Waals surface area contributed by atoms with Crippen LogP contribution in [0.1, 0.15) is 5.69 Å². The van der Waals surface area contributed by atoms with Gasteiger partial charge >= 0.3 is 0 Å². The van der Waals surface area contributed by atoms with E-state index in [4.69, 9.17) is 0 Å². The Morgan fingerprint density at radius 1 is 1.20 bits per heavy atom. The molecule has 20 heavy (non-hydrogen) atoms. The smallest absolute Gasteiger partial charge is 0.155 e. The highest BCUT2D eigenvalue weighted by Crippen LogP contribution is 2.21. The van der Waals surface area contributed by atoms with Crippen molar-refractivity contribution in [3.05, 3.63) is 47.0 Å². The monoisotopic (exact) mass is 331 g/mol. The summed E-state index contributed by atoms with van der Waals surface area (Å²) < 4.78 is 2.75. The van der Waals surface area contributed by atoms with Crippen LogP contribution in [0.15, 0.2) is 41.3 Å². The lowest BCUT2D eigenvalue weighted by molar-refractivity contribution is 0.775. The third-order valence-corrected chi connectivity index (χ3v) is 3.87. The molecule has 0 fully saturated rings. The number of halogens is 1. The summed E-state index contributed by atoms with van der Waals surface area (Å²) in [5, 5.41) is 7.76. The van der Waals surface area contributed by atoms with Gasteiger partial charge in [-0.25, -0.2) is 9.50 Å². The molecule has 0 aliphatic heterocycles. The molecule has 0 spiro atoms. The molecule has 6 heteroatoms. The van der Waals surface area contributed by atoms with Gasteiger partial charge in [0.25, 0.3) is 0 Å². The van der Waals surface area contributed by atoms with Gasteiger partial charge in [-0.2, -0.15) is 5.10 Å². The maximum Gasteiger partial charge on any atom is 0.155 e. The van der Waals surface area contributed by atoms with E-state index in [1.165, 1.54) is 0 Å². The molecule has 0 bridgehead atoms. The van der Waals surface area contributed by atoms with Crippen molar-refractivity contribution in [2.45, 2.75) is 6.42 Å². The Labute approximate surface area is 125 Å². The van der Waals surface area contributed by atoms with Crippen molar-refractivity contribution in [1.29, 1.82) is 0 Å². The van der Waals surface area contributed by atoms with Gasteiger partial charge in [0.2, 0.25) is 0 Å². The van der Waals surface area contributed by atoms with Crippen LogP contribution in [0.4, 0.5) is 0 Å². The standard InChI is InChI=1S/C14H14BrN5/c1-16-7-6-12-14(15)20-13(18-12)3-2-11(19-20)10-4-8-17-9-5-10/h2-5,8-9,16H,6-7H2,1H3. The van der Waals surface area contributed by atoms with Crippen LogP contribution in [-0.2, 0) is 6.42 Å². The summed E-state index contributed by atoms with van der Waals surface area (Å²) >= 11 is 3.59. The normalized spacial score (nSPS) is 11.1. The minimum absolute atomic E-state index is 0.848. The average Bonchev–Trinajstić information content (AvgIpc) is 2.82. The van der Waals surface area contributed by atoms with Crippen LogP contribution >= 0.6 is 15.9 Å². The molecule has 0 amide bonds. The molecule has 0 unspecified atom stereocenters. The van der Waals surface area contributed by atoms with Crippen molar-refractivity contribution in [3.63, 3.8) is 0 Å². The SMILES string of the molecule is CNCCc1nc2ccc(-c3ccncc3)nn2c1Br.